The van der Waals surface area contributed by atoms with Gasteiger partial charge < -0.3 is 10.6 Å². The van der Waals surface area contributed by atoms with E-state index >= 15 is 0 Å². The predicted octanol–water partition coefficient (Wildman–Crippen LogP) is 3.62. The standard InChI is InChI=1S/C25H33N3O4S2/c1-16(2)17-6-10-19(11-7-17)27-22(29)15-33-24-26-14-21(23(30)28-24)34(31,32)20-12-8-18(9-13-20)25(3,4)5/h6-13,16,21,24,26H,14-15H2,1-5H3,(H,27,29)(H,28,30). The van der Waals surface area contributed by atoms with Gasteiger partial charge in [0, 0.05) is 12.2 Å². The van der Waals surface area contributed by atoms with Gasteiger partial charge in [-0.3, -0.25) is 14.9 Å². The number of sulfone groups is 1. The summed E-state index contributed by atoms with van der Waals surface area (Å²) in [5.41, 5.74) is 2.27. The van der Waals surface area contributed by atoms with Crippen LogP contribution in [-0.2, 0) is 24.8 Å². The number of anilines is 1. The van der Waals surface area contributed by atoms with E-state index in [1.807, 2.05) is 24.3 Å². The molecule has 0 aromatic heterocycles. The molecule has 1 heterocycles. The zero-order valence-corrected chi connectivity index (χ0v) is 21.8. The van der Waals surface area contributed by atoms with Crippen LogP contribution in [0.15, 0.2) is 53.4 Å². The minimum Gasteiger partial charge on any atom is -0.331 e. The fraction of sp³-hybridized carbons (Fsp3) is 0.440. The quantitative estimate of drug-likeness (QED) is 0.533. The molecule has 2 aromatic carbocycles. The second kappa shape index (κ2) is 10.5. The van der Waals surface area contributed by atoms with E-state index in [1.165, 1.54) is 17.3 Å². The largest absolute Gasteiger partial charge is 0.331 e. The van der Waals surface area contributed by atoms with Gasteiger partial charge in [0.25, 0.3) is 0 Å². The molecule has 1 aliphatic heterocycles. The Morgan fingerprint density at radius 3 is 2.24 bits per heavy atom. The minimum atomic E-state index is -3.84. The Labute approximate surface area is 206 Å². The summed E-state index contributed by atoms with van der Waals surface area (Å²) in [6, 6.07) is 14.4. The first kappa shape index (κ1) is 26.2. The molecular weight excluding hydrogens is 470 g/mol. The van der Waals surface area contributed by atoms with Gasteiger partial charge in [-0.05, 0) is 46.7 Å². The molecule has 2 amide bonds. The monoisotopic (exact) mass is 503 g/mol. The van der Waals surface area contributed by atoms with Crippen LogP contribution in [0.25, 0.3) is 0 Å². The third kappa shape index (κ3) is 6.40. The van der Waals surface area contributed by atoms with E-state index in [1.54, 1.807) is 24.3 Å². The third-order valence-corrected chi connectivity index (χ3v) is 8.83. The lowest BCUT2D eigenvalue weighted by Gasteiger charge is -2.29. The first-order chi connectivity index (χ1) is 15.9. The molecule has 0 saturated carbocycles. The summed E-state index contributed by atoms with van der Waals surface area (Å²) in [6.07, 6.45) is 0. The number of hydrogen-bond donors (Lipinski definition) is 3. The second-order valence-corrected chi connectivity index (χ2v) is 13.0. The molecule has 2 unspecified atom stereocenters. The number of rotatable bonds is 7. The van der Waals surface area contributed by atoms with E-state index in [2.05, 4.69) is 50.6 Å². The summed E-state index contributed by atoms with van der Waals surface area (Å²) in [7, 11) is -3.84. The highest BCUT2D eigenvalue weighted by atomic mass is 32.2. The lowest BCUT2D eigenvalue weighted by Crippen LogP contribution is -2.59. The van der Waals surface area contributed by atoms with Crippen molar-refractivity contribution in [3.63, 3.8) is 0 Å². The number of nitrogens with one attached hydrogen (secondary N) is 3. The van der Waals surface area contributed by atoms with E-state index < -0.39 is 26.5 Å². The highest BCUT2D eigenvalue weighted by Gasteiger charge is 2.38. The maximum atomic E-state index is 13.0. The van der Waals surface area contributed by atoms with Crippen molar-refractivity contribution in [1.29, 1.82) is 0 Å². The molecule has 2 aromatic rings. The van der Waals surface area contributed by atoms with Crippen molar-refractivity contribution in [2.75, 3.05) is 17.6 Å². The number of carbonyl (C=O) groups excluding carboxylic acids is 2. The highest BCUT2D eigenvalue weighted by molar-refractivity contribution is 8.00. The number of hydrogen-bond acceptors (Lipinski definition) is 6. The van der Waals surface area contributed by atoms with Gasteiger partial charge in [0.1, 0.15) is 5.50 Å². The van der Waals surface area contributed by atoms with Gasteiger partial charge in [0.05, 0.1) is 10.6 Å². The van der Waals surface area contributed by atoms with Crippen molar-refractivity contribution in [3.8, 4) is 0 Å². The van der Waals surface area contributed by atoms with Crippen molar-refractivity contribution in [2.45, 2.75) is 61.6 Å². The van der Waals surface area contributed by atoms with Crippen molar-refractivity contribution in [2.24, 2.45) is 0 Å². The predicted molar refractivity (Wildman–Crippen MR) is 138 cm³/mol. The van der Waals surface area contributed by atoms with Crippen LogP contribution in [0, 0.1) is 0 Å². The van der Waals surface area contributed by atoms with Gasteiger partial charge in [-0.15, -0.1) is 11.8 Å². The van der Waals surface area contributed by atoms with E-state index in [0.29, 0.717) is 11.6 Å². The third-order valence-electron chi connectivity index (χ3n) is 5.72. The molecule has 3 rings (SSSR count). The van der Waals surface area contributed by atoms with Crippen LogP contribution in [0.3, 0.4) is 0 Å². The summed E-state index contributed by atoms with van der Waals surface area (Å²) in [5, 5.41) is 7.30. The van der Waals surface area contributed by atoms with Crippen LogP contribution in [-0.4, -0.2) is 43.3 Å². The molecule has 0 bridgehead atoms. The zero-order valence-electron chi connectivity index (χ0n) is 20.2. The molecule has 0 spiro atoms. The van der Waals surface area contributed by atoms with Crippen molar-refractivity contribution in [3.05, 3.63) is 59.7 Å². The number of benzene rings is 2. The lowest BCUT2D eigenvalue weighted by molar-refractivity contribution is -0.122. The van der Waals surface area contributed by atoms with Gasteiger partial charge in [-0.25, -0.2) is 8.42 Å². The number of carbonyl (C=O) groups is 2. The Bertz CT molecular complexity index is 1120. The fourth-order valence-corrected chi connectivity index (χ4v) is 5.86. The molecule has 1 aliphatic rings. The highest BCUT2D eigenvalue weighted by Crippen LogP contribution is 2.26. The van der Waals surface area contributed by atoms with Crippen LogP contribution in [0.1, 0.15) is 51.7 Å². The van der Waals surface area contributed by atoms with Crippen LogP contribution >= 0.6 is 11.8 Å². The molecule has 1 fully saturated rings. The van der Waals surface area contributed by atoms with Crippen LogP contribution in [0.5, 0.6) is 0 Å². The zero-order chi connectivity index (χ0) is 25.1. The summed E-state index contributed by atoms with van der Waals surface area (Å²) < 4.78 is 26.1. The molecule has 1 saturated heterocycles. The topological polar surface area (TPSA) is 104 Å². The Morgan fingerprint density at radius 2 is 1.71 bits per heavy atom. The molecule has 9 heteroatoms. The fourth-order valence-electron chi connectivity index (χ4n) is 3.55. The van der Waals surface area contributed by atoms with Crippen LogP contribution in [0.2, 0.25) is 0 Å². The summed E-state index contributed by atoms with van der Waals surface area (Å²) in [6.45, 7) is 10.3. The smallest absolute Gasteiger partial charge is 0.241 e. The van der Waals surface area contributed by atoms with Crippen molar-refractivity contribution < 1.29 is 18.0 Å². The summed E-state index contributed by atoms with van der Waals surface area (Å²) >= 11 is 1.20. The molecule has 184 valence electrons. The average Bonchev–Trinajstić information content (AvgIpc) is 2.77. The van der Waals surface area contributed by atoms with Gasteiger partial charge in [0.15, 0.2) is 15.1 Å². The number of amides is 2. The van der Waals surface area contributed by atoms with Gasteiger partial charge in [0.2, 0.25) is 11.8 Å². The van der Waals surface area contributed by atoms with Gasteiger partial charge in [-0.1, -0.05) is 58.9 Å². The summed E-state index contributed by atoms with van der Waals surface area (Å²) in [5.74, 6) is -0.250. The first-order valence-corrected chi connectivity index (χ1v) is 13.9. The molecule has 0 radical (unpaired) electrons. The second-order valence-electron chi connectivity index (χ2n) is 9.74. The molecule has 0 aliphatic carbocycles. The van der Waals surface area contributed by atoms with Crippen molar-refractivity contribution in [1.82, 2.24) is 10.6 Å². The Kier molecular flexibility index (Phi) is 8.10. The minimum absolute atomic E-state index is 0.0227. The van der Waals surface area contributed by atoms with Gasteiger partial charge in [-0.2, -0.15) is 0 Å². The average molecular weight is 504 g/mol. The molecule has 34 heavy (non-hydrogen) atoms. The van der Waals surface area contributed by atoms with E-state index in [9.17, 15) is 18.0 Å². The number of thioether (sulfide) groups is 1. The maximum absolute atomic E-state index is 13.0. The lowest BCUT2D eigenvalue weighted by atomic mass is 9.87. The Hall–Kier alpha value is -2.36. The normalized spacial score (nSPS) is 19.1. The molecule has 7 nitrogen and oxygen atoms in total. The van der Waals surface area contributed by atoms with Crippen LogP contribution < -0.4 is 16.0 Å². The van der Waals surface area contributed by atoms with E-state index in [-0.39, 0.29) is 28.5 Å². The first-order valence-electron chi connectivity index (χ1n) is 11.3. The van der Waals surface area contributed by atoms with Crippen molar-refractivity contribution >= 4 is 39.1 Å². The maximum Gasteiger partial charge on any atom is 0.241 e. The van der Waals surface area contributed by atoms with E-state index in [0.717, 1.165) is 5.56 Å². The van der Waals surface area contributed by atoms with Crippen LogP contribution in [0.4, 0.5) is 5.69 Å². The van der Waals surface area contributed by atoms with Gasteiger partial charge >= 0.3 is 0 Å². The molecule has 2 atom stereocenters. The molecule has 3 N–H and O–H groups in total. The SMILES string of the molecule is CC(C)c1ccc(NC(=O)CSC2NCC(S(=O)(=O)c3ccc(C(C)(C)C)cc3)C(=O)N2)cc1. The Balaban J connectivity index is 1.53. The Morgan fingerprint density at radius 1 is 1.09 bits per heavy atom. The summed E-state index contributed by atoms with van der Waals surface area (Å²) in [4.78, 5) is 25.0. The molecular formula is C25H33N3O4S2. The van der Waals surface area contributed by atoms with E-state index in [4.69, 9.17) is 0 Å².